The molecule has 0 atom stereocenters. The number of carbonyl (C=O) groups is 1. The van der Waals surface area contributed by atoms with E-state index < -0.39 is 5.97 Å². The summed E-state index contributed by atoms with van der Waals surface area (Å²) in [4.78, 5) is 9.24. The standard InChI is InChI=1S/C2H5NO2.H4N2.Na.H/c3-1-2(4)5;1-2;;/h1,3H2,(H,4,5);1-2H2;;/q;;+1;-1. The molecule has 5 nitrogen and oxygen atoms in total. The SMILES string of the molecule is NCC(=O)O.NN.[H-].[Na+]. The van der Waals surface area contributed by atoms with Crippen LogP contribution >= 0.6 is 0 Å². The van der Waals surface area contributed by atoms with Gasteiger partial charge in [0.2, 0.25) is 0 Å². The Kier molecular flexibility index (Phi) is 30.9. The molecule has 0 bridgehead atoms. The molecule has 0 saturated carbocycles. The number of nitrogens with two attached hydrogens (primary N) is 3. The molecular formula is C2H10N3NaO2. The average Bonchev–Trinajstić information content (AvgIpc) is 1.73. The zero-order valence-corrected chi connectivity index (χ0v) is 6.79. The van der Waals surface area contributed by atoms with Crippen molar-refractivity contribution in [1.82, 2.24) is 0 Å². The summed E-state index contributed by atoms with van der Waals surface area (Å²) in [7, 11) is 0. The van der Waals surface area contributed by atoms with Crippen molar-refractivity contribution in [1.29, 1.82) is 0 Å². The van der Waals surface area contributed by atoms with E-state index in [-0.39, 0.29) is 37.5 Å². The second kappa shape index (κ2) is 15.7. The normalized spacial score (nSPS) is 5.38. The van der Waals surface area contributed by atoms with Crippen molar-refractivity contribution in [2.45, 2.75) is 0 Å². The molecule has 0 rings (SSSR count). The summed E-state index contributed by atoms with van der Waals surface area (Å²) < 4.78 is 0. The molecule has 0 unspecified atom stereocenters. The van der Waals surface area contributed by atoms with Gasteiger partial charge in [0, 0.05) is 0 Å². The van der Waals surface area contributed by atoms with Gasteiger partial charge in [-0.1, -0.05) is 0 Å². The van der Waals surface area contributed by atoms with Crippen LogP contribution in [-0.4, -0.2) is 17.6 Å². The fourth-order valence-corrected chi connectivity index (χ4v) is 0. The predicted molar refractivity (Wildman–Crippen MR) is 26.2 cm³/mol. The van der Waals surface area contributed by atoms with Crippen LogP contribution in [0, 0.1) is 0 Å². The van der Waals surface area contributed by atoms with Crippen LogP contribution in [0.15, 0.2) is 0 Å². The van der Waals surface area contributed by atoms with Crippen LogP contribution in [0.1, 0.15) is 1.43 Å². The number of hydrogen-bond donors (Lipinski definition) is 4. The van der Waals surface area contributed by atoms with Gasteiger partial charge in [-0.25, -0.2) is 0 Å². The molecule has 0 heterocycles. The van der Waals surface area contributed by atoms with E-state index in [1.165, 1.54) is 0 Å². The van der Waals surface area contributed by atoms with Crippen molar-refractivity contribution >= 4 is 5.97 Å². The minimum Gasteiger partial charge on any atom is -1.00 e. The summed E-state index contributed by atoms with van der Waals surface area (Å²) in [5.41, 5.74) is 4.57. The number of hydrogen-bond acceptors (Lipinski definition) is 4. The van der Waals surface area contributed by atoms with Gasteiger partial charge in [0.1, 0.15) is 0 Å². The maximum Gasteiger partial charge on any atom is 1.00 e. The molecule has 0 aliphatic rings. The maximum atomic E-state index is 9.24. The van der Waals surface area contributed by atoms with E-state index in [4.69, 9.17) is 5.11 Å². The van der Waals surface area contributed by atoms with Crippen LogP contribution in [-0.2, 0) is 4.79 Å². The van der Waals surface area contributed by atoms with Crippen molar-refractivity contribution in [2.75, 3.05) is 6.54 Å². The molecule has 0 saturated heterocycles. The molecule has 7 N–H and O–H groups in total. The molecule has 0 radical (unpaired) electrons. The largest absolute Gasteiger partial charge is 1.00 e. The second-order valence-electron chi connectivity index (χ2n) is 0.598. The van der Waals surface area contributed by atoms with Crippen LogP contribution in [0.3, 0.4) is 0 Å². The van der Waals surface area contributed by atoms with Gasteiger partial charge in [0.25, 0.3) is 0 Å². The Labute approximate surface area is 71.0 Å². The quantitative estimate of drug-likeness (QED) is 0.161. The summed E-state index contributed by atoms with van der Waals surface area (Å²) in [6, 6.07) is 0. The maximum absolute atomic E-state index is 9.24. The van der Waals surface area contributed by atoms with E-state index in [0.717, 1.165) is 0 Å². The van der Waals surface area contributed by atoms with Crippen LogP contribution in [0.25, 0.3) is 0 Å². The van der Waals surface area contributed by atoms with Gasteiger partial charge in [-0.15, -0.1) is 0 Å². The van der Waals surface area contributed by atoms with E-state index in [9.17, 15) is 4.79 Å². The molecule has 0 aromatic rings. The Bertz CT molecular complexity index is 55.1. The molecule has 0 amide bonds. The zero-order chi connectivity index (χ0) is 6.28. The van der Waals surface area contributed by atoms with Crippen molar-refractivity contribution < 1.29 is 40.9 Å². The van der Waals surface area contributed by atoms with Crippen molar-refractivity contribution in [3.63, 3.8) is 0 Å². The van der Waals surface area contributed by atoms with E-state index in [0.29, 0.717) is 0 Å². The van der Waals surface area contributed by atoms with Crippen molar-refractivity contribution in [3.8, 4) is 0 Å². The first-order chi connectivity index (χ1) is 3.27. The molecule has 0 fully saturated rings. The minimum atomic E-state index is -0.968. The summed E-state index contributed by atoms with van der Waals surface area (Å²) in [6.07, 6.45) is 0. The molecule has 0 aromatic carbocycles. The fourth-order valence-electron chi connectivity index (χ4n) is 0. The number of hydrazine groups is 1. The van der Waals surface area contributed by atoms with Gasteiger partial charge < -0.3 is 12.3 Å². The van der Waals surface area contributed by atoms with E-state index >= 15 is 0 Å². The van der Waals surface area contributed by atoms with Crippen molar-refractivity contribution in [2.24, 2.45) is 17.4 Å². The minimum absolute atomic E-state index is 0. The van der Waals surface area contributed by atoms with Gasteiger partial charge in [0.15, 0.2) is 0 Å². The summed E-state index contributed by atoms with van der Waals surface area (Å²) in [5.74, 6) is 7.03. The zero-order valence-electron chi connectivity index (χ0n) is 5.79. The average molecular weight is 131 g/mol. The van der Waals surface area contributed by atoms with E-state index in [1.807, 2.05) is 0 Å². The monoisotopic (exact) mass is 131 g/mol. The van der Waals surface area contributed by atoms with E-state index in [1.54, 1.807) is 0 Å². The third-order valence-electron chi connectivity index (χ3n) is 0.175. The Morgan fingerprint density at radius 1 is 1.62 bits per heavy atom. The Morgan fingerprint density at radius 2 is 1.75 bits per heavy atom. The van der Waals surface area contributed by atoms with Gasteiger partial charge in [-0.3, -0.25) is 16.5 Å². The smallest absolute Gasteiger partial charge is 1.00 e. The van der Waals surface area contributed by atoms with Crippen LogP contribution in [0.2, 0.25) is 0 Å². The summed E-state index contributed by atoms with van der Waals surface area (Å²) >= 11 is 0. The van der Waals surface area contributed by atoms with Gasteiger partial charge >= 0.3 is 35.5 Å². The van der Waals surface area contributed by atoms with Crippen LogP contribution in [0.5, 0.6) is 0 Å². The molecule has 0 spiro atoms. The van der Waals surface area contributed by atoms with E-state index in [2.05, 4.69) is 17.4 Å². The summed E-state index contributed by atoms with van der Waals surface area (Å²) in [5, 5.41) is 7.60. The van der Waals surface area contributed by atoms with Gasteiger partial charge in [-0.05, 0) is 0 Å². The molecule has 0 aliphatic carbocycles. The van der Waals surface area contributed by atoms with Gasteiger partial charge in [0.05, 0.1) is 6.54 Å². The van der Waals surface area contributed by atoms with Crippen LogP contribution < -0.4 is 47.0 Å². The number of aliphatic carboxylic acids is 1. The Hall–Kier alpha value is 0.350. The van der Waals surface area contributed by atoms with Crippen molar-refractivity contribution in [3.05, 3.63) is 0 Å². The molecule has 46 valence electrons. The number of carboxylic acid groups (broad SMARTS) is 1. The number of carboxylic acids is 1. The predicted octanol–water partition coefficient (Wildman–Crippen LogP) is -5.04. The number of rotatable bonds is 1. The third-order valence-corrected chi connectivity index (χ3v) is 0.175. The fraction of sp³-hybridized carbons (Fsp3) is 0.500. The molecule has 8 heavy (non-hydrogen) atoms. The topological polar surface area (TPSA) is 115 Å². The molecule has 0 aliphatic heterocycles. The summed E-state index contributed by atoms with van der Waals surface area (Å²) in [6.45, 7) is -0.278. The Morgan fingerprint density at radius 3 is 1.75 bits per heavy atom. The molecule has 6 heteroatoms. The van der Waals surface area contributed by atoms with Crippen LogP contribution in [0.4, 0.5) is 0 Å². The molecule has 0 aromatic heterocycles. The molecular weight excluding hydrogens is 121 g/mol. The Balaban J connectivity index is -0.0000000286. The second-order valence-corrected chi connectivity index (χ2v) is 0.598. The first-order valence-corrected chi connectivity index (χ1v) is 1.52. The first kappa shape index (κ1) is 15.8. The first-order valence-electron chi connectivity index (χ1n) is 1.52. The third kappa shape index (κ3) is 32.9. The van der Waals surface area contributed by atoms with Gasteiger partial charge in [-0.2, -0.15) is 0 Å².